The van der Waals surface area contributed by atoms with Gasteiger partial charge in [-0.05, 0) is 22.9 Å². The minimum absolute atomic E-state index is 0.526. The van der Waals surface area contributed by atoms with Crippen LogP contribution in [0.5, 0.6) is 0 Å². The molecule has 5 nitrogen and oxygen atoms in total. The van der Waals surface area contributed by atoms with Gasteiger partial charge in [0.2, 0.25) is 0 Å². The first-order valence-corrected chi connectivity index (χ1v) is 6.39. The molecule has 3 aromatic rings. The van der Waals surface area contributed by atoms with Gasteiger partial charge < -0.3 is 14.0 Å². The number of rotatable bonds is 3. The van der Waals surface area contributed by atoms with Crippen LogP contribution >= 0.6 is 0 Å². The quantitative estimate of drug-likeness (QED) is 0.733. The predicted octanol–water partition coefficient (Wildman–Crippen LogP) is 2.81. The Morgan fingerprint density at radius 3 is 2.35 bits per heavy atom. The summed E-state index contributed by atoms with van der Waals surface area (Å²) in [5.74, 6) is 1.10. The summed E-state index contributed by atoms with van der Waals surface area (Å²) in [4.78, 5) is 6.19. The molecular weight excluding hydrogens is 252 g/mol. The minimum Gasteiger partial charge on any atom is -0.344 e. The van der Waals surface area contributed by atoms with Gasteiger partial charge in [0.05, 0.1) is 0 Å². The van der Waals surface area contributed by atoms with Crippen LogP contribution < -0.4 is 4.90 Å². The van der Waals surface area contributed by atoms with Crippen LogP contribution in [-0.4, -0.2) is 28.8 Å². The molecule has 0 atom stereocenters. The minimum atomic E-state index is 0.526. The molecule has 0 aliphatic heterocycles. The van der Waals surface area contributed by atoms with E-state index in [0.717, 1.165) is 17.0 Å². The number of hydrogen-bond donors (Lipinski definition) is 0. The summed E-state index contributed by atoms with van der Waals surface area (Å²) >= 11 is 0. The first kappa shape index (κ1) is 12.5. The summed E-state index contributed by atoms with van der Waals surface area (Å²) in [5.41, 5.74) is 3.18. The second-order valence-corrected chi connectivity index (χ2v) is 4.82. The van der Waals surface area contributed by atoms with Crippen molar-refractivity contribution in [2.45, 2.75) is 0 Å². The Hall–Kier alpha value is -2.56. The Balaban J connectivity index is 2.02. The molecule has 5 heteroatoms. The highest BCUT2D eigenvalue weighted by Crippen LogP contribution is 2.27. The fraction of sp³-hybridized carbons (Fsp3) is 0.200. The van der Waals surface area contributed by atoms with Crippen molar-refractivity contribution in [1.82, 2.24) is 14.7 Å². The van der Waals surface area contributed by atoms with Crippen molar-refractivity contribution in [1.29, 1.82) is 0 Å². The highest BCUT2D eigenvalue weighted by molar-refractivity contribution is 5.66. The van der Waals surface area contributed by atoms with Crippen molar-refractivity contribution in [3.05, 3.63) is 42.5 Å². The van der Waals surface area contributed by atoms with Gasteiger partial charge in [-0.3, -0.25) is 0 Å². The lowest BCUT2D eigenvalue weighted by atomic mass is 10.2. The monoisotopic (exact) mass is 268 g/mol. The molecule has 0 unspecified atom stereocenters. The third kappa shape index (κ3) is 2.07. The van der Waals surface area contributed by atoms with Crippen LogP contribution in [0.15, 0.2) is 47.0 Å². The molecule has 0 spiro atoms. The number of anilines is 1. The van der Waals surface area contributed by atoms with Crippen LogP contribution in [0.25, 0.3) is 22.8 Å². The van der Waals surface area contributed by atoms with E-state index in [1.54, 1.807) is 0 Å². The van der Waals surface area contributed by atoms with Gasteiger partial charge in [-0.1, -0.05) is 30.3 Å². The molecule has 0 radical (unpaired) electrons. The largest absolute Gasteiger partial charge is 0.344 e. The third-order valence-corrected chi connectivity index (χ3v) is 3.23. The van der Waals surface area contributed by atoms with Crippen molar-refractivity contribution in [3.8, 4) is 22.8 Å². The zero-order valence-electron chi connectivity index (χ0n) is 11.7. The first-order chi connectivity index (χ1) is 9.66. The molecule has 2 heterocycles. The predicted molar refractivity (Wildman–Crippen MR) is 78.5 cm³/mol. The van der Waals surface area contributed by atoms with Crippen molar-refractivity contribution in [3.63, 3.8) is 0 Å². The van der Waals surface area contributed by atoms with Gasteiger partial charge in [-0.25, -0.2) is 0 Å². The maximum absolute atomic E-state index is 5.32. The summed E-state index contributed by atoms with van der Waals surface area (Å²) in [6.45, 7) is 0. The Morgan fingerprint density at radius 1 is 1.00 bits per heavy atom. The van der Waals surface area contributed by atoms with E-state index in [1.165, 1.54) is 0 Å². The van der Waals surface area contributed by atoms with E-state index >= 15 is 0 Å². The highest BCUT2D eigenvalue weighted by Gasteiger charge is 2.15. The lowest BCUT2D eigenvalue weighted by molar-refractivity contribution is 0.428. The van der Waals surface area contributed by atoms with Gasteiger partial charge in [0.15, 0.2) is 0 Å². The molecule has 1 aromatic carbocycles. The SMILES string of the molecule is CN(C)c1noc(-c2ccc(-c3ccccc3)n2C)n1. The van der Waals surface area contributed by atoms with E-state index in [4.69, 9.17) is 4.52 Å². The molecule has 3 rings (SSSR count). The van der Waals surface area contributed by atoms with E-state index in [2.05, 4.69) is 32.9 Å². The van der Waals surface area contributed by atoms with Crippen LogP contribution in [0.2, 0.25) is 0 Å². The molecule has 0 saturated heterocycles. The molecule has 20 heavy (non-hydrogen) atoms. The Morgan fingerprint density at radius 2 is 1.70 bits per heavy atom. The molecule has 0 N–H and O–H groups in total. The molecule has 0 amide bonds. The topological polar surface area (TPSA) is 47.1 Å². The van der Waals surface area contributed by atoms with Crippen molar-refractivity contribution in [2.75, 3.05) is 19.0 Å². The van der Waals surface area contributed by atoms with Crippen LogP contribution in [0.1, 0.15) is 0 Å². The van der Waals surface area contributed by atoms with Crippen molar-refractivity contribution in [2.24, 2.45) is 7.05 Å². The normalized spacial score (nSPS) is 10.8. The van der Waals surface area contributed by atoms with E-state index in [0.29, 0.717) is 11.8 Å². The molecule has 2 aromatic heterocycles. The summed E-state index contributed by atoms with van der Waals surface area (Å²) in [6.07, 6.45) is 0. The van der Waals surface area contributed by atoms with Crippen LogP contribution in [-0.2, 0) is 7.05 Å². The Kier molecular flexibility index (Phi) is 3.02. The maximum atomic E-state index is 5.32. The first-order valence-electron chi connectivity index (χ1n) is 6.39. The lowest BCUT2D eigenvalue weighted by Crippen LogP contribution is -2.10. The number of hydrogen-bond acceptors (Lipinski definition) is 4. The zero-order valence-corrected chi connectivity index (χ0v) is 11.7. The third-order valence-electron chi connectivity index (χ3n) is 3.23. The smallest absolute Gasteiger partial charge is 0.276 e. The number of benzene rings is 1. The van der Waals surface area contributed by atoms with Crippen molar-refractivity contribution >= 4 is 5.95 Å². The standard InChI is InChI=1S/C15H16N4O/c1-18(2)15-16-14(20-17-15)13-10-9-12(19(13)3)11-7-5-4-6-8-11/h4-10H,1-3H3. The fourth-order valence-electron chi connectivity index (χ4n) is 2.13. The maximum Gasteiger partial charge on any atom is 0.276 e. The zero-order chi connectivity index (χ0) is 14.1. The molecule has 0 fully saturated rings. The van der Waals surface area contributed by atoms with Gasteiger partial charge >= 0.3 is 0 Å². The summed E-state index contributed by atoms with van der Waals surface area (Å²) < 4.78 is 7.38. The Bertz CT molecular complexity index is 713. The summed E-state index contributed by atoms with van der Waals surface area (Å²) in [7, 11) is 5.77. The summed E-state index contributed by atoms with van der Waals surface area (Å²) in [6, 6.07) is 14.3. The number of aromatic nitrogens is 3. The number of nitrogens with zero attached hydrogens (tertiary/aromatic N) is 4. The van der Waals surface area contributed by atoms with E-state index in [9.17, 15) is 0 Å². The van der Waals surface area contributed by atoms with E-state index in [1.807, 2.05) is 50.3 Å². The lowest BCUT2D eigenvalue weighted by Gasteiger charge is -2.05. The molecule has 0 bridgehead atoms. The fourth-order valence-corrected chi connectivity index (χ4v) is 2.13. The average Bonchev–Trinajstić information content (AvgIpc) is 3.06. The average molecular weight is 268 g/mol. The van der Waals surface area contributed by atoms with E-state index < -0.39 is 0 Å². The summed E-state index contributed by atoms with van der Waals surface area (Å²) in [5, 5.41) is 3.94. The van der Waals surface area contributed by atoms with Crippen LogP contribution in [0, 0.1) is 0 Å². The second kappa shape index (κ2) is 4.85. The van der Waals surface area contributed by atoms with Gasteiger partial charge in [0.1, 0.15) is 5.69 Å². The van der Waals surface area contributed by atoms with Gasteiger partial charge in [-0.15, -0.1) is 0 Å². The van der Waals surface area contributed by atoms with Crippen LogP contribution in [0.4, 0.5) is 5.95 Å². The van der Waals surface area contributed by atoms with Gasteiger partial charge in [0, 0.05) is 26.8 Å². The Labute approximate surface area is 117 Å². The molecule has 102 valence electrons. The molecule has 0 saturated carbocycles. The van der Waals surface area contributed by atoms with Crippen LogP contribution in [0.3, 0.4) is 0 Å². The molecule has 0 aliphatic rings. The molecular formula is C15H16N4O. The van der Waals surface area contributed by atoms with E-state index in [-0.39, 0.29) is 0 Å². The molecule has 0 aliphatic carbocycles. The van der Waals surface area contributed by atoms with Gasteiger partial charge in [-0.2, -0.15) is 4.98 Å². The second-order valence-electron chi connectivity index (χ2n) is 4.82. The van der Waals surface area contributed by atoms with Crippen molar-refractivity contribution < 1.29 is 4.52 Å². The highest BCUT2D eigenvalue weighted by atomic mass is 16.5. The van der Waals surface area contributed by atoms with Gasteiger partial charge in [0.25, 0.3) is 11.8 Å².